The molecular formula is C18H14N2O3. The Kier molecular flexibility index (Phi) is 5.26. The van der Waals surface area contributed by atoms with Crippen molar-refractivity contribution in [2.75, 3.05) is 0 Å². The monoisotopic (exact) mass is 306 g/mol. The molecule has 2 aromatic carbocycles. The van der Waals surface area contributed by atoms with Crippen LogP contribution in [0.15, 0.2) is 66.8 Å². The van der Waals surface area contributed by atoms with Gasteiger partial charge in [0, 0.05) is 18.1 Å². The normalized spacial score (nSPS) is 10.7. The molecule has 0 spiro atoms. The minimum Gasteiger partial charge on any atom is -0.457 e. The second kappa shape index (κ2) is 7.57. The van der Waals surface area contributed by atoms with Gasteiger partial charge in [-0.1, -0.05) is 24.3 Å². The molecule has 0 aliphatic rings. The molecule has 114 valence electrons. The minimum absolute atomic E-state index is 0.0813. The van der Waals surface area contributed by atoms with E-state index in [1.54, 1.807) is 24.3 Å². The van der Waals surface area contributed by atoms with Crippen LogP contribution in [0.3, 0.4) is 0 Å². The molecule has 0 radical (unpaired) electrons. The van der Waals surface area contributed by atoms with Gasteiger partial charge in [0.15, 0.2) is 0 Å². The molecule has 0 aliphatic heterocycles. The summed E-state index contributed by atoms with van der Waals surface area (Å²) in [5.74, 6) is 1.09. The molecule has 5 nitrogen and oxygen atoms in total. The number of rotatable bonds is 6. The topological polar surface area (TPSA) is 76.2 Å². The van der Waals surface area contributed by atoms with Gasteiger partial charge in [-0.05, 0) is 30.3 Å². The molecule has 23 heavy (non-hydrogen) atoms. The average molecular weight is 306 g/mol. The van der Waals surface area contributed by atoms with Gasteiger partial charge < -0.3 is 4.74 Å². The molecule has 0 bridgehead atoms. The van der Waals surface area contributed by atoms with Crippen LogP contribution in [0.5, 0.6) is 11.5 Å². The average Bonchev–Trinajstić information content (AvgIpc) is 2.55. The maximum atomic E-state index is 11.2. The van der Waals surface area contributed by atoms with E-state index in [0.29, 0.717) is 29.1 Å². The number of nitro groups is 1. The number of para-hydroxylation sites is 1. The van der Waals surface area contributed by atoms with Crippen LogP contribution in [0, 0.1) is 21.4 Å². The summed E-state index contributed by atoms with van der Waals surface area (Å²) in [6.45, 7) is 3.57. The van der Waals surface area contributed by atoms with Gasteiger partial charge in [0.25, 0.3) is 5.69 Å². The Morgan fingerprint density at radius 2 is 2.00 bits per heavy atom. The fraction of sp³-hybridized carbons (Fsp3) is 0.0556. The van der Waals surface area contributed by atoms with Crippen molar-refractivity contribution in [3.05, 3.63) is 82.4 Å². The summed E-state index contributed by atoms with van der Waals surface area (Å²) >= 11 is 0. The molecule has 0 saturated heterocycles. The van der Waals surface area contributed by atoms with E-state index in [4.69, 9.17) is 10.00 Å². The van der Waals surface area contributed by atoms with Crippen LogP contribution in [0.25, 0.3) is 6.08 Å². The lowest BCUT2D eigenvalue weighted by Crippen LogP contribution is -1.93. The Bertz CT molecular complexity index is 790. The number of nitriles is 1. The Hall–Kier alpha value is -3.39. The van der Waals surface area contributed by atoms with Gasteiger partial charge in [0.2, 0.25) is 0 Å². The van der Waals surface area contributed by atoms with E-state index < -0.39 is 4.92 Å². The molecule has 0 unspecified atom stereocenters. The van der Waals surface area contributed by atoms with Crippen LogP contribution in [0.2, 0.25) is 0 Å². The van der Waals surface area contributed by atoms with E-state index >= 15 is 0 Å². The highest BCUT2D eigenvalue weighted by atomic mass is 16.6. The van der Waals surface area contributed by atoms with Gasteiger partial charge in [0.1, 0.15) is 11.5 Å². The van der Waals surface area contributed by atoms with Crippen molar-refractivity contribution in [3.63, 3.8) is 0 Å². The number of allylic oxidation sites excluding steroid dienone is 2. The molecule has 0 fully saturated rings. The predicted molar refractivity (Wildman–Crippen MR) is 88.0 cm³/mol. The zero-order valence-electron chi connectivity index (χ0n) is 12.3. The smallest absolute Gasteiger partial charge is 0.276 e. The third-order valence-corrected chi connectivity index (χ3v) is 3.01. The zero-order valence-corrected chi connectivity index (χ0v) is 12.3. The Balaban J connectivity index is 2.41. The maximum Gasteiger partial charge on any atom is 0.276 e. The number of hydrogen-bond donors (Lipinski definition) is 0. The molecule has 2 aromatic rings. The van der Waals surface area contributed by atoms with E-state index in [1.807, 2.05) is 24.3 Å². The van der Waals surface area contributed by atoms with Gasteiger partial charge >= 0.3 is 0 Å². The summed E-state index contributed by atoms with van der Waals surface area (Å²) in [6, 6.07) is 15.6. The van der Waals surface area contributed by atoms with E-state index in [-0.39, 0.29) is 5.69 Å². The number of nitrogens with zero attached hydrogens (tertiary/aromatic N) is 2. The van der Waals surface area contributed by atoms with Crippen molar-refractivity contribution in [1.82, 2.24) is 0 Å². The summed E-state index contributed by atoms with van der Waals surface area (Å²) in [4.78, 5) is 10.7. The van der Waals surface area contributed by atoms with Crippen LogP contribution >= 0.6 is 0 Å². The lowest BCUT2D eigenvalue weighted by atomic mass is 10.1. The van der Waals surface area contributed by atoms with Gasteiger partial charge in [-0.2, -0.15) is 5.26 Å². The Morgan fingerprint density at radius 1 is 1.26 bits per heavy atom. The minimum atomic E-state index is -0.485. The molecule has 0 heterocycles. The second-order valence-electron chi connectivity index (χ2n) is 4.67. The van der Waals surface area contributed by atoms with Crippen LogP contribution in [-0.4, -0.2) is 4.92 Å². The summed E-state index contributed by atoms with van der Waals surface area (Å²) in [7, 11) is 0. The van der Waals surface area contributed by atoms with Crippen LogP contribution in [-0.2, 0) is 0 Å². The number of benzene rings is 2. The van der Waals surface area contributed by atoms with Crippen molar-refractivity contribution in [3.8, 4) is 17.6 Å². The molecule has 0 aromatic heterocycles. The summed E-state index contributed by atoms with van der Waals surface area (Å²) < 4.78 is 5.67. The predicted octanol–water partition coefficient (Wildman–Crippen LogP) is 4.87. The van der Waals surface area contributed by atoms with Crippen molar-refractivity contribution < 1.29 is 9.66 Å². The van der Waals surface area contributed by atoms with Gasteiger partial charge in [0.05, 0.1) is 16.6 Å². The third kappa shape index (κ3) is 4.29. The second-order valence-corrected chi connectivity index (χ2v) is 4.67. The van der Waals surface area contributed by atoms with E-state index in [0.717, 1.165) is 0 Å². The van der Waals surface area contributed by atoms with Crippen LogP contribution < -0.4 is 4.74 Å². The first-order chi connectivity index (χ1) is 11.1. The third-order valence-electron chi connectivity index (χ3n) is 3.01. The van der Waals surface area contributed by atoms with E-state index in [2.05, 4.69) is 6.58 Å². The molecule has 0 saturated carbocycles. The lowest BCUT2D eigenvalue weighted by molar-refractivity contribution is -0.385. The Morgan fingerprint density at radius 3 is 2.61 bits per heavy atom. The molecule has 5 heteroatoms. The number of hydrogen-bond acceptors (Lipinski definition) is 4. The van der Waals surface area contributed by atoms with Crippen LogP contribution in [0.1, 0.15) is 12.0 Å². The van der Waals surface area contributed by atoms with Gasteiger partial charge in [-0.15, -0.1) is 6.58 Å². The summed E-state index contributed by atoms with van der Waals surface area (Å²) in [5, 5.41) is 20.2. The summed E-state index contributed by atoms with van der Waals surface area (Å²) in [6.07, 6.45) is 3.40. The van der Waals surface area contributed by atoms with Gasteiger partial charge in [-0.3, -0.25) is 10.1 Å². The standard InChI is InChI=1S/C18H14N2O3/c1-2-6-14(13-19)11-15-12-17(9-10-18(15)20(21)22)23-16-7-4-3-5-8-16/h2-5,7-12H,1,6H2/b14-11-. The van der Waals surface area contributed by atoms with E-state index in [1.165, 1.54) is 18.2 Å². The first-order valence-electron chi connectivity index (χ1n) is 6.87. The molecule has 0 N–H and O–H groups in total. The molecule has 0 amide bonds. The Labute approximate surface area is 133 Å². The first-order valence-corrected chi connectivity index (χ1v) is 6.87. The summed E-state index contributed by atoms with van der Waals surface area (Å²) in [5.41, 5.74) is 0.629. The highest BCUT2D eigenvalue weighted by Gasteiger charge is 2.14. The van der Waals surface area contributed by atoms with Crippen molar-refractivity contribution >= 4 is 11.8 Å². The fourth-order valence-corrected chi connectivity index (χ4v) is 1.98. The van der Waals surface area contributed by atoms with E-state index in [9.17, 15) is 10.1 Å². The first kappa shape index (κ1) is 16.0. The van der Waals surface area contributed by atoms with Crippen molar-refractivity contribution in [2.24, 2.45) is 0 Å². The van der Waals surface area contributed by atoms with Crippen LogP contribution in [0.4, 0.5) is 5.69 Å². The van der Waals surface area contributed by atoms with Gasteiger partial charge in [-0.25, -0.2) is 0 Å². The fourth-order valence-electron chi connectivity index (χ4n) is 1.98. The molecule has 2 rings (SSSR count). The molecule has 0 atom stereocenters. The van der Waals surface area contributed by atoms with Crippen molar-refractivity contribution in [1.29, 1.82) is 5.26 Å². The SMILES string of the molecule is C=CC/C(C#N)=C/c1cc(Oc2ccccc2)ccc1[N+](=O)[O-]. The lowest BCUT2D eigenvalue weighted by Gasteiger charge is -2.07. The number of ether oxygens (including phenoxy) is 1. The van der Waals surface area contributed by atoms with Crippen molar-refractivity contribution in [2.45, 2.75) is 6.42 Å². The number of nitro benzene ring substituents is 1. The largest absolute Gasteiger partial charge is 0.457 e. The molecule has 0 aliphatic carbocycles. The quantitative estimate of drug-likeness (QED) is 0.330. The maximum absolute atomic E-state index is 11.2. The molecular weight excluding hydrogens is 292 g/mol. The zero-order chi connectivity index (χ0) is 16.7. The highest BCUT2D eigenvalue weighted by molar-refractivity contribution is 5.67. The highest BCUT2D eigenvalue weighted by Crippen LogP contribution is 2.29.